The number of carbonyl (C=O) groups is 1. The van der Waals surface area contributed by atoms with E-state index in [0.717, 1.165) is 36.9 Å². The molecule has 0 unspecified atom stereocenters. The first-order valence-corrected chi connectivity index (χ1v) is 8.44. The summed E-state index contributed by atoms with van der Waals surface area (Å²) >= 11 is 3.60. The lowest BCUT2D eigenvalue weighted by Crippen LogP contribution is -2.28. The van der Waals surface area contributed by atoms with Crippen LogP contribution in [0.15, 0.2) is 24.3 Å². The highest BCUT2D eigenvalue weighted by Gasteiger charge is 2.25. The van der Waals surface area contributed by atoms with Crippen molar-refractivity contribution in [3.63, 3.8) is 0 Å². The van der Waals surface area contributed by atoms with E-state index in [1.165, 1.54) is 5.56 Å². The molecule has 0 fully saturated rings. The fourth-order valence-corrected chi connectivity index (χ4v) is 2.95. The molecule has 0 saturated carbocycles. The molecule has 0 aliphatic rings. The summed E-state index contributed by atoms with van der Waals surface area (Å²) in [5.74, 6) is 1.14. The van der Waals surface area contributed by atoms with Crippen molar-refractivity contribution < 1.29 is 9.53 Å². The van der Waals surface area contributed by atoms with Gasteiger partial charge in [-0.2, -0.15) is 0 Å². The lowest BCUT2D eigenvalue weighted by Gasteiger charge is -2.29. The van der Waals surface area contributed by atoms with E-state index in [2.05, 4.69) is 29.8 Å². The van der Waals surface area contributed by atoms with Crippen molar-refractivity contribution in [1.29, 1.82) is 0 Å². The second-order valence-electron chi connectivity index (χ2n) is 5.48. The maximum atomic E-state index is 11.0. The zero-order chi connectivity index (χ0) is 15.0. The molecule has 1 aromatic rings. The molecule has 0 aliphatic carbocycles. The van der Waals surface area contributed by atoms with Gasteiger partial charge in [-0.25, -0.2) is 0 Å². The Morgan fingerprint density at radius 3 is 2.25 bits per heavy atom. The zero-order valence-corrected chi connectivity index (χ0v) is 14.3. The molecular formula is C17H25BrO2. The van der Waals surface area contributed by atoms with Gasteiger partial charge in [-0.1, -0.05) is 41.9 Å². The van der Waals surface area contributed by atoms with E-state index in [1.54, 1.807) is 6.92 Å². The number of Topliss-reactive ketones (excluding diaryl/α,β-unsaturated/α-hetero) is 1. The smallest absolute Gasteiger partial charge is 0.130 e. The van der Waals surface area contributed by atoms with Crippen molar-refractivity contribution in [1.82, 2.24) is 0 Å². The number of benzene rings is 1. The van der Waals surface area contributed by atoms with Crippen molar-refractivity contribution in [2.24, 2.45) is 5.41 Å². The molecule has 0 N–H and O–H groups in total. The number of hydrogen-bond acceptors (Lipinski definition) is 2. The number of aryl methyl sites for hydroxylation is 1. The fourth-order valence-electron chi connectivity index (χ4n) is 1.99. The first kappa shape index (κ1) is 17.2. The SMILES string of the molecule is CCC(CC)(CBr)COc1ccc(CCC(C)=O)cc1. The molecule has 0 radical (unpaired) electrons. The number of alkyl halides is 1. The predicted octanol–water partition coefficient (Wildman–Crippen LogP) is 4.79. The van der Waals surface area contributed by atoms with Gasteiger partial charge >= 0.3 is 0 Å². The molecule has 1 aromatic carbocycles. The molecule has 0 heterocycles. The summed E-state index contributed by atoms with van der Waals surface area (Å²) in [5, 5.41) is 0.962. The minimum atomic E-state index is 0.216. The third kappa shape index (κ3) is 5.28. The monoisotopic (exact) mass is 340 g/mol. The van der Waals surface area contributed by atoms with E-state index in [1.807, 2.05) is 24.3 Å². The van der Waals surface area contributed by atoms with E-state index in [0.29, 0.717) is 6.42 Å². The predicted molar refractivity (Wildman–Crippen MR) is 87.7 cm³/mol. The van der Waals surface area contributed by atoms with Crippen molar-refractivity contribution >= 4 is 21.7 Å². The quantitative estimate of drug-likeness (QED) is 0.604. The molecule has 0 atom stereocenters. The Morgan fingerprint density at radius 1 is 1.20 bits per heavy atom. The highest BCUT2D eigenvalue weighted by atomic mass is 79.9. The van der Waals surface area contributed by atoms with Crippen LogP contribution >= 0.6 is 15.9 Å². The van der Waals surface area contributed by atoms with Gasteiger partial charge in [0, 0.05) is 17.2 Å². The zero-order valence-electron chi connectivity index (χ0n) is 12.7. The molecule has 0 saturated heterocycles. The fraction of sp³-hybridized carbons (Fsp3) is 0.588. The molecule has 3 heteroatoms. The summed E-state index contributed by atoms with van der Waals surface area (Å²) in [4.78, 5) is 11.0. The number of ether oxygens (including phenoxy) is 1. The maximum Gasteiger partial charge on any atom is 0.130 e. The molecule has 0 amide bonds. The van der Waals surface area contributed by atoms with E-state index < -0.39 is 0 Å². The van der Waals surface area contributed by atoms with Crippen LogP contribution in [-0.2, 0) is 11.2 Å². The van der Waals surface area contributed by atoms with Gasteiger partial charge < -0.3 is 9.53 Å². The number of halogens is 1. The topological polar surface area (TPSA) is 26.3 Å². The minimum Gasteiger partial charge on any atom is -0.493 e. The van der Waals surface area contributed by atoms with Gasteiger partial charge in [0.25, 0.3) is 0 Å². The molecule has 112 valence electrons. The lowest BCUT2D eigenvalue weighted by atomic mass is 9.86. The van der Waals surface area contributed by atoms with Gasteiger partial charge in [-0.3, -0.25) is 0 Å². The van der Waals surface area contributed by atoms with E-state index in [-0.39, 0.29) is 11.2 Å². The highest BCUT2D eigenvalue weighted by Crippen LogP contribution is 2.29. The van der Waals surface area contributed by atoms with E-state index in [4.69, 9.17) is 4.74 Å². The van der Waals surface area contributed by atoms with Crippen LogP contribution in [-0.4, -0.2) is 17.7 Å². The molecule has 0 aromatic heterocycles. The Bertz CT molecular complexity index is 399. The Kier molecular flexibility index (Phi) is 7.28. The minimum absolute atomic E-state index is 0.216. The van der Waals surface area contributed by atoms with Crippen LogP contribution in [0.1, 0.15) is 45.6 Å². The summed E-state index contributed by atoms with van der Waals surface area (Å²) in [6.45, 7) is 6.78. The van der Waals surface area contributed by atoms with Crippen LogP contribution in [0.2, 0.25) is 0 Å². The number of carbonyl (C=O) groups excluding carboxylic acids is 1. The molecule has 0 bridgehead atoms. The van der Waals surface area contributed by atoms with Crippen LogP contribution in [0, 0.1) is 5.41 Å². The average Bonchev–Trinajstić information content (AvgIpc) is 2.48. The van der Waals surface area contributed by atoms with Gasteiger partial charge in [0.2, 0.25) is 0 Å². The van der Waals surface area contributed by atoms with Crippen LogP contribution in [0.5, 0.6) is 5.75 Å². The molecule has 2 nitrogen and oxygen atoms in total. The molecular weight excluding hydrogens is 316 g/mol. The second kappa shape index (κ2) is 8.46. The summed E-state index contributed by atoms with van der Waals surface area (Å²) in [5.41, 5.74) is 1.40. The first-order chi connectivity index (χ1) is 9.55. The van der Waals surface area contributed by atoms with Crippen LogP contribution in [0.3, 0.4) is 0 Å². The molecule has 1 rings (SSSR count). The van der Waals surface area contributed by atoms with Gasteiger partial charge in [-0.05, 0) is 43.9 Å². The number of rotatable bonds is 9. The van der Waals surface area contributed by atoms with Crippen LogP contribution in [0.4, 0.5) is 0 Å². The van der Waals surface area contributed by atoms with Crippen LogP contribution < -0.4 is 4.74 Å². The summed E-state index contributed by atoms with van der Waals surface area (Å²) in [7, 11) is 0. The van der Waals surface area contributed by atoms with E-state index >= 15 is 0 Å². The molecule has 0 spiro atoms. The van der Waals surface area contributed by atoms with E-state index in [9.17, 15) is 4.79 Å². The van der Waals surface area contributed by atoms with Crippen molar-refractivity contribution in [2.45, 2.75) is 46.5 Å². The Labute approximate surface area is 131 Å². The number of hydrogen-bond donors (Lipinski definition) is 0. The number of ketones is 1. The van der Waals surface area contributed by atoms with Gasteiger partial charge in [-0.15, -0.1) is 0 Å². The standard InChI is InChI=1S/C17H25BrO2/c1-4-17(5-2,12-18)13-20-16-10-8-15(9-11-16)7-6-14(3)19/h8-11H,4-7,12-13H2,1-3H3. The Balaban J connectivity index is 2.55. The highest BCUT2D eigenvalue weighted by molar-refractivity contribution is 9.09. The largest absolute Gasteiger partial charge is 0.493 e. The van der Waals surface area contributed by atoms with Gasteiger partial charge in [0.15, 0.2) is 0 Å². The Morgan fingerprint density at radius 2 is 1.80 bits per heavy atom. The van der Waals surface area contributed by atoms with Crippen molar-refractivity contribution in [3.05, 3.63) is 29.8 Å². The normalized spacial score (nSPS) is 11.4. The third-order valence-electron chi connectivity index (χ3n) is 4.02. The summed E-state index contributed by atoms with van der Waals surface area (Å²) in [6.07, 6.45) is 3.63. The van der Waals surface area contributed by atoms with Crippen molar-refractivity contribution in [2.75, 3.05) is 11.9 Å². The Hall–Kier alpha value is -0.830. The summed E-state index contributed by atoms with van der Waals surface area (Å²) in [6, 6.07) is 8.09. The second-order valence-corrected chi connectivity index (χ2v) is 6.04. The maximum absolute atomic E-state index is 11.0. The average molecular weight is 341 g/mol. The first-order valence-electron chi connectivity index (χ1n) is 7.32. The third-order valence-corrected chi connectivity index (χ3v) is 5.21. The van der Waals surface area contributed by atoms with Crippen LogP contribution in [0.25, 0.3) is 0 Å². The molecule has 20 heavy (non-hydrogen) atoms. The van der Waals surface area contributed by atoms with Gasteiger partial charge in [0.05, 0.1) is 6.61 Å². The lowest BCUT2D eigenvalue weighted by molar-refractivity contribution is -0.116. The van der Waals surface area contributed by atoms with Crippen molar-refractivity contribution in [3.8, 4) is 5.75 Å². The molecule has 0 aliphatic heterocycles. The summed E-state index contributed by atoms with van der Waals surface area (Å²) < 4.78 is 5.93. The van der Waals surface area contributed by atoms with Gasteiger partial charge in [0.1, 0.15) is 11.5 Å².